The van der Waals surface area contributed by atoms with Gasteiger partial charge in [-0.25, -0.2) is 13.1 Å². The summed E-state index contributed by atoms with van der Waals surface area (Å²) in [6.07, 6.45) is 4.27. The molecule has 0 spiro atoms. The van der Waals surface area contributed by atoms with Crippen LogP contribution in [0.5, 0.6) is 0 Å². The van der Waals surface area contributed by atoms with Gasteiger partial charge in [0.15, 0.2) is 0 Å². The van der Waals surface area contributed by atoms with Gasteiger partial charge in [-0.1, -0.05) is 41.8 Å². The first-order chi connectivity index (χ1) is 15.4. The van der Waals surface area contributed by atoms with Crippen LogP contribution in [-0.4, -0.2) is 41.5 Å². The molecule has 1 aromatic heterocycles. The maximum Gasteiger partial charge on any atom is 0.256 e. The van der Waals surface area contributed by atoms with E-state index in [1.807, 2.05) is 0 Å². The summed E-state index contributed by atoms with van der Waals surface area (Å²) in [5.74, 6) is 0.00276. The van der Waals surface area contributed by atoms with Gasteiger partial charge in [0.2, 0.25) is 10.0 Å². The van der Waals surface area contributed by atoms with Gasteiger partial charge in [-0.2, -0.15) is 9.40 Å². The molecule has 1 aliphatic heterocycles. The second kappa shape index (κ2) is 9.62. The lowest BCUT2D eigenvalue weighted by Crippen LogP contribution is -2.35. The van der Waals surface area contributed by atoms with Gasteiger partial charge in [-0.05, 0) is 43.2 Å². The van der Waals surface area contributed by atoms with Crippen molar-refractivity contribution < 1.29 is 13.2 Å². The lowest BCUT2D eigenvalue weighted by molar-refractivity contribution is 0.102. The fourth-order valence-electron chi connectivity index (χ4n) is 3.64. The van der Waals surface area contributed by atoms with Crippen LogP contribution >= 0.6 is 23.2 Å². The largest absolute Gasteiger partial charge is 0.307 e. The Kier molecular flexibility index (Phi) is 6.85. The Morgan fingerprint density at radius 2 is 1.69 bits per heavy atom. The number of carbonyl (C=O) groups is 1. The second-order valence-electron chi connectivity index (χ2n) is 7.52. The molecule has 0 unspecified atom stereocenters. The van der Waals surface area contributed by atoms with Crippen LogP contribution in [0.4, 0.5) is 5.82 Å². The van der Waals surface area contributed by atoms with Crippen LogP contribution in [0.2, 0.25) is 10.0 Å². The molecule has 0 atom stereocenters. The van der Waals surface area contributed by atoms with E-state index in [4.69, 9.17) is 23.2 Å². The molecule has 168 valence electrons. The Balaban J connectivity index is 1.53. The predicted molar refractivity (Wildman–Crippen MR) is 125 cm³/mol. The van der Waals surface area contributed by atoms with Crippen molar-refractivity contribution >= 4 is 45.0 Å². The van der Waals surface area contributed by atoms with Crippen molar-refractivity contribution in [3.8, 4) is 0 Å². The molecule has 0 saturated carbocycles. The number of hydrogen-bond acceptors (Lipinski definition) is 4. The highest BCUT2D eigenvalue weighted by Gasteiger charge is 2.26. The number of amides is 1. The standard InChI is InChI=1S/C22H22Cl2N4O3S/c23-19-8-5-9-20(24)18(19)15-28-21(10-11-25-28)26-22(29)16-6-4-7-17(14-16)32(30,31)27-12-2-1-3-13-27/h4-11,14H,1-3,12-13,15H2,(H,26,29). The zero-order valence-corrected chi connectivity index (χ0v) is 19.5. The summed E-state index contributed by atoms with van der Waals surface area (Å²) in [6.45, 7) is 1.27. The Morgan fingerprint density at radius 3 is 2.41 bits per heavy atom. The summed E-state index contributed by atoms with van der Waals surface area (Å²) in [5, 5.41) is 8.03. The Hall–Kier alpha value is -2.39. The maximum atomic E-state index is 13.0. The molecular weight excluding hydrogens is 471 g/mol. The molecule has 3 aromatic rings. The third-order valence-electron chi connectivity index (χ3n) is 5.38. The number of nitrogens with zero attached hydrogens (tertiary/aromatic N) is 3. The number of piperidine rings is 1. The maximum absolute atomic E-state index is 13.0. The summed E-state index contributed by atoms with van der Waals surface area (Å²) >= 11 is 12.5. The zero-order valence-electron chi connectivity index (χ0n) is 17.2. The number of nitrogens with one attached hydrogen (secondary N) is 1. The number of benzene rings is 2. The molecule has 4 rings (SSSR count). The summed E-state index contributed by atoms with van der Waals surface area (Å²) in [5.41, 5.74) is 0.927. The lowest BCUT2D eigenvalue weighted by atomic mass is 10.2. The van der Waals surface area contributed by atoms with Crippen molar-refractivity contribution in [2.75, 3.05) is 18.4 Å². The number of anilines is 1. The van der Waals surface area contributed by atoms with Gasteiger partial charge in [-0.3, -0.25) is 4.79 Å². The first-order valence-electron chi connectivity index (χ1n) is 10.2. The molecule has 0 radical (unpaired) electrons. The molecule has 0 aliphatic carbocycles. The van der Waals surface area contributed by atoms with Gasteiger partial charge in [-0.15, -0.1) is 0 Å². The average molecular weight is 493 g/mol. The molecule has 32 heavy (non-hydrogen) atoms. The average Bonchev–Trinajstić information content (AvgIpc) is 3.23. The van der Waals surface area contributed by atoms with Crippen molar-refractivity contribution in [1.29, 1.82) is 0 Å². The van der Waals surface area contributed by atoms with Gasteiger partial charge in [0, 0.05) is 40.3 Å². The van der Waals surface area contributed by atoms with Crippen LogP contribution in [0.1, 0.15) is 35.2 Å². The van der Waals surface area contributed by atoms with Gasteiger partial charge >= 0.3 is 0 Å². The van der Waals surface area contributed by atoms with Crippen LogP contribution in [0, 0.1) is 0 Å². The van der Waals surface area contributed by atoms with Crippen LogP contribution in [-0.2, 0) is 16.6 Å². The lowest BCUT2D eigenvalue weighted by Gasteiger charge is -2.26. The number of sulfonamides is 1. The Labute approximate surface area is 197 Å². The fourth-order valence-corrected chi connectivity index (χ4v) is 5.72. The predicted octanol–water partition coefficient (Wildman–Crippen LogP) is 4.67. The quantitative estimate of drug-likeness (QED) is 0.541. The second-order valence-corrected chi connectivity index (χ2v) is 10.3. The van der Waals surface area contributed by atoms with E-state index in [0.29, 0.717) is 34.5 Å². The smallest absolute Gasteiger partial charge is 0.256 e. The first kappa shape index (κ1) is 22.8. The van der Waals surface area contributed by atoms with Crippen LogP contribution < -0.4 is 5.32 Å². The summed E-state index contributed by atoms with van der Waals surface area (Å²) in [7, 11) is -3.63. The number of halogens is 2. The van der Waals surface area contributed by atoms with Crippen molar-refractivity contribution in [3.63, 3.8) is 0 Å². The van der Waals surface area contributed by atoms with E-state index in [-0.39, 0.29) is 17.0 Å². The number of aromatic nitrogens is 2. The van der Waals surface area contributed by atoms with E-state index < -0.39 is 15.9 Å². The number of hydrogen-bond donors (Lipinski definition) is 1. The first-order valence-corrected chi connectivity index (χ1v) is 12.4. The minimum Gasteiger partial charge on any atom is -0.307 e. The molecule has 1 fully saturated rings. The minimum absolute atomic E-state index is 0.114. The van der Waals surface area contributed by atoms with E-state index in [1.54, 1.807) is 47.3 Å². The highest BCUT2D eigenvalue weighted by Crippen LogP contribution is 2.26. The van der Waals surface area contributed by atoms with Gasteiger partial charge in [0.05, 0.1) is 17.6 Å². The van der Waals surface area contributed by atoms with Gasteiger partial charge < -0.3 is 5.32 Å². The summed E-state index contributed by atoms with van der Waals surface area (Å²) in [4.78, 5) is 13.0. The van der Waals surface area contributed by atoms with E-state index in [1.165, 1.54) is 16.4 Å². The number of carbonyl (C=O) groups excluding carboxylic acids is 1. The van der Waals surface area contributed by atoms with Crippen molar-refractivity contribution in [2.45, 2.75) is 30.7 Å². The summed E-state index contributed by atoms with van der Waals surface area (Å²) in [6, 6.07) is 13.0. The molecule has 1 saturated heterocycles. The molecule has 7 nitrogen and oxygen atoms in total. The topological polar surface area (TPSA) is 84.3 Å². The molecule has 1 amide bonds. The zero-order chi connectivity index (χ0) is 22.7. The molecule has 0 bridgehead atoms. The van der Waals surface area contributed by atoms with Crippen LogP contribution in [0.15, 0.2) is 59.6 Å². The van der Waals surface area contributed by atoms with Crippen LogP contribution in [0.3, 0.4) is 0 Å². The monoisotopic (exact) mass is 492 g/mol. The molecule has 10 heteroatoms. The highest BCUT2D eigenvalue weighted by atomic mass is 35.5. The molecule has 1 N–H and O–H groups in total. The Bertz CT molecular complexity index is 1220. The fraction of sp³-hybridized carbons (Fsp3) is 0.273. The summed E-state index contributed by atoms with van der Waals surface area (Å²) < 4.78 is 29.0. The van der Waals surface area contributed by atoms with E-state index in [2.05, 4.69) is 10.4 Å². The molecule has 1 aliphatic rings. The SMILES string of the molecule is O=C(Nc1ccnn1Cc1c(Cl)cccc1Cl)c1cccc(S(=O)(=O)N2CCCCC2)c1. The van der Waals surface area contributed by atoms with Gasteiger partial charge in [0.1, 0.15) is 5.82 Å². The van der Waals surface area contributed by atoms with Crippen LogP contribution in [0.25, 0.3) is 0 Å². The van der Waals surface area contributed by atoms with Gasteiger partial charge in [0.25, 0.3) is 5.91 Å². The van der Waals surface area contributed by atoms with E-state index >= 15 is 0 Å². The number of rotatable bonds is 6. The molecule has 2 aromatic carbocycles. The van der Waals surface area contributed by atoms with E-state index in [9.17, 15) is 13.2 Å². The molecular formula is C22H22Cl2N4O3S. The third kappa shape index (κ3) is 4.83. The Morgan fingerprint density at radius 1 is 1.00 bits per heavy atom. The van der Waals surface area contributed by atoms with E-state index in [0.717, 1.165) is 19.3 Å². The third-order valence-corrected chi connectivity index (χ3v) is 7.98. The minimum atomic E-state index is -3.63. The highest BCUT2D eigenvalue weighted by molar-refractivity contribution is 7.89. The van der Waals surface area contributed by atoms with Crippen molar-refractivity contribution in [2.24, 2.45) is 0 Å². The normalized spacial score (nSPS) is 14.9. The van der Waals surface area contributed by atoms with Crippen molar-refractivity contribution in [3.05, 3.63) is 75.9 Å². The van der Waals surface area contributed by atoms with Crippen molar-refractivity contribution in [1.82, 2.24) is 14.1 Å². The molecule has 2 heterocycles.